The van der Waals surface area contributed by atoms with Gasteiger partial charge in [0.25, 0.3) is 0 Å². The Kier molecular flexibility index (Phi) is 6.49. The van der Waals surface area contributed by atoms with E-state index in [0.29, 0.717) is 0 Å². The maximum atomic E-state index is 4.15. The van der Waals surface area contributed by atoms with Crippen LogP contribution in [-0.4, -0.2) is 12.4 Å². The topological polar surface area (TPSA) is 24.7 Å². The fourth-order valence-corrected chi connectivity index (χ4v) is 2.35. The number of aryl methyl sites for hydroxylation is 3. The molecule has 0 aliphatic carbocycles. The lowest BCUT2D eigenvalue weighted by atomic mass is 10.1. The minimum atomic E-state index is 1.07. The Balaban J connectivity index is 1.93. The Hall–Kier alpha value is -2.48. The van der Waals surface area contributed by atoms with Crippen molar-refractivity contribution in [1.82, 2.24) is 0 Å². The normalized spacial score (nSPS) is 12.0. The average Bonchev–Trinajstić information content (AvgIpc) is 2.55. The number of rotatable bonds is 6. The van der Waals surface area contributed by atoms with Crippen molar-refractivity contribution in [1.29, 1.82) is 0 Å². The number of hydrogen-bond donors (Lipinski definition) is 0. The van der Waals surface area contributed by atoms with Crippen molar-refractivity contribution in [2.24, 2.45) is 10.2 Å². The standard InChI is InChI=1S/C21H24N2/c1-4-5-6-7-19-9-11-20(12-10-19)15-22-23-16-21-13-8-17(2)14-18(21)3/h4-5,8-16H,6-7H2,1-3H3. The lowest BCUT2D eigenvalue weighted by molar-refractivity contribution is 0.999. The molecule has 0 unspecified atom stereocenters. The molecule has 0 aromatic heterocycles. The Bertz CT molecular complexity index is 707. The van der Waals surface area contributed by atoms with E-state index in [4.69, 9.17) is 0 Å². The molecule has 2 rings (SSSR count). The predicted octanol–water partition coefficient (Wildman–Crippen LogP) is 5.27. The van der Waals surface area contributed by atoms with Gasteiger partial charge in [0.05, 0.1) is 12.4 Å². The summed E-state index contributed by atoms with van der Waals surface area (Å²) in [5.74, 6) is 0. The predicted molar refractivity (Wildman–Crippen MR) is 101 cm³/mol. The fraction of sp³-hybridized carbons (Fsp3) is 0.238. The molecule has 0 atom stereocenters. The Labute approximate surface area is 139 Å². The monoisotopic (exact) mass is 304 g/mol. The molecule has 0 fully saturated rings. The lowest BCUT2D eigenvalue weighted by Crippen LogP contribution is -1.88. The van der Waals surface area contributed by atoms with E-state index in [0.717, 1.165) is 24.0 Å². The first-order chi connectivity index (χ1) is 11.2. The van der Waals surface area contributed by atoms with Gasteiger partial charge in [-0.3, -0.25) is 0 Å². The van der Waals surface area contributed by atoms with Crippen LogP contribution in [0.4, 0.5) is 0 Å². The summed E-state index contributed by atoms with van der Waals surface area (Å²) in [4.78, 5) is 0. The van der Waals surface area contributed by atoms with E-state index in [-0.39, 0.29) is 0 Å². The molecule has 0 amide bonds. The van der Waals surface area contributed by atoms with Crippen LogP contribution in [0.1, 0.15) is 41.2 Å². The summed E-state index contributed by atoms with van der Waals surface area (Å²) in [6.07, 6.45) is 10.0. The second kappa shape index (κ2) is 8.84. The molecule has 2 aromatic rings. The van der Waals surface area contributed by atoms with Crippen molar-refractivity contribution < 1.29 is 0 Å². The van der Waals surface area contributed by atoms with Gasteiger partial charge in [0, 0.05) is 0 Å². The lowest BCUT2D eigenvalue weighted by Gasteiger charge is -2.00. The van der Waals surface area contributed by atoms with Gasteiger partial charge < -0.3 is 0 Å². The van der Waals surface area contributed by atoms with E-state index in [1.165, 1.54) is 16.7 Å². The van der Waals surface area contributed by atoms with Crippen molar-refractivity contribution in [2.45, 2.75) is 33.6 Å². The van der Waals surface area contributed by atoms with Crippen molar-refractivity contribution in [3.8, 4) is 0 Å². The van der Waals surface area contributed by atoms with Crippen LogP contribution >= 0.6 is 0 Å². The van der Waals surface area contributed by atoms with E-state index in [1.807, 2.05) is 0 Å². The highest BCUT2D eigenvalue weighted by molar-refractivity contribution is 5.83. The van der Waals surface area contributed by atoms with Gasteiger partial charge in [0.15, 0.2) is 0 Å². The zero-order valence-electron chi connectivity index (χ0n) is 14.2. The van der Waals surface area contributed by atoms with Crippen LogP contribution in [0.25, 0.3) is 0 Å². The average molecular weight is 304 g/mol. The fourth-order valence-electron chi connectivity index (χ4n) is 2.35. The Morgan fingerprint density at radius 3 is 2.35 bits per heavy atom. The quantitative estimate of drug-likeness (QED) is 0.395. The number of allylic oxidation sites excluding steroid dienone is 2. The van der Waals surface area contributed by atoms with Crippen LogP contribution in [-0.2, 0) is 6.42 Å². The smallest absolute Gasteiger partial charge is 0.0570 e. The van der Waals surface area contributed by atoms with E-state index in [9.17, 15) is 0 Å². The highest BCUT2D eigenvalue weighted by Crippen LogP contribution is 2.08. The first kappa shape index (κ1) is 16.9. The summed E-state index contributed by atoms with van der Waals surface area (Å²) >= 11 is 0. The second-order valence-corrected chi connectivity index (χ2v) is 5.70. The van der Waals surface area contributed by atoms with E-state index in [2.05, 4.69) is 85.6 Å². The van der Waals surface area contributed by atoms with Crippen LogP contribution in [0.5, 0.6) is 0 Å². The molecule has 0 spiro atoms. The minimum Gasteiger partial charge on any atom is -0.159 e. The molecule has 118 valence electrons. The van der Waals surface area contributed by atoms with Gasteiger partial charge in [0.2, 0.25) is 0 Å². The van der Waals surface area contributed by atoms with Gasteiger partial charge in [-0.25, -0.2) is 0 Å². The van der Waals surface area contributed by atoms with Crippen molar-refractivity contribution in [3.63, 3.8) is 0 Å². The molecule has 0 N–H and O–H groups in total. The summed E-state index contributed by atoms with van der Waals surface area (Å²) < 4.78 is 0. The molecule has 2 aromatic carbocycles. The van der Waals surface area contributed by atoms with Gasteiger partial charge in [-0.1, -0.05) is 60.2 Å². The summed E-state index contributed by atoms with van der Waals surface area (Å²) in [5.41, 5.74) is 6.00. The first-order valence-corrected chi connectivity index (χ1v) is 8.03. The molecular formula is C21H24N2. The molecule has 0 heterocycles. The minimum absolute atomic E-state index is 1.07. The molecule has 2 nitrogen and oxygen atoms in total. The summed E-state index contributed by atoms with van der Waals surface area (Å²) in [7, 11) is 0. The third kappa shape index (κ3) is 5.67. The molecule has 0 aliphatic rings. The molecule has 0 bridgehead atoms. The molecule has 0 saturated carbocycles. The van der Waals surface area contributed by atoms with E-state index < -0.39 is 0 Å². The van der Waals surface area contributed by atoms with Crippen LogP contribution in [0, 0.1) is 13.8 Å². The SMILES string of the molecule is CC=CCCc1ccc(C=NN=Cc2ccc(C)cc2C)cc1. The molecule has 2 heteroatoms. The van der Waals surface area contributed by atoms with Crippen molar-refractivity contribution in [3.05, 3.63) is 82.4 Å². The van der Waals surface area contributed by atoms with Crippen LogP contribution < -0.4 is 0 Å². The van der Waals surface area contributed by atoms with Crippen molar-refractivity contribution in [2.75, 3.05) is 0 Å². The largest absolute Gasteiger partial charge is 0.159 e. The van der Waals surface area contributed by atoms with Gasteiger partial charge in [-0.15, -0.1) is 0 Å². The third-order valence-corrected chi connectivity index (χ3v) is 3.71. The van der Waals surface area contributed by atoms with E-state index >= 15 is 0 Å². The maximum absolute atomic E-state index is 4.15. The zero-order chi connectivity index (χ0) is 16.5. The van der Waals surface area contributed by atoms with Gasteiger partial charge >= 0.3 is 0 Å². The highest BCUT2D eigenvalue weighted by Gasteiger charge is 1.94. The number of benzene rings is 2. The van der Waals surface area contributed by atoms with Gasteiger partial charge in [0.1, 0.15) is 0 Å². The molecular weight excluding hydrogens is 280 g/mol. The van der Waals surface area contributed by atoms with Crippen LogP contribution in [0.15, 0.2) is 64.8 Å². The third-order valence-electron chi connectivity index (χ3n) is 3.71. The van der Waals surface area contributed by atoms with Gasteiger partial charge in [-0.05, 0) is 55.9 Å². The summed E-state index contributed by atoms with van der Waals surface area (Å²) in [6, 6.07) is 14.8. The molecule has 0 radical (unpaired) electrons. The highest BCUT2D eigenvalue weighted by atomic mass is 15.2. The maximum Gasteiger partial charge on any atom is 0.0570 e. The Morgan fingerprint density at radius 2 is 1.65 bits per heavy atom. The van der Waals surface area contributed by atoms with E-state index in [1.54, 1.807) is 12.4 Å². The van der Waals surface area contributed by atoms with Crippen LogP contribution in [0.2, 0.25) is 0 Å². The Morgan fingerprint density at radius 1 is 0.913 bits per heavy atom. The molecule has 23 heavy (non-hydrogen) atoms. The number of hydrogen-bond acceptors (Lipinski definition) is 2. The molecule has 0 saturated heterocycles. The van der Waals surface area contributed by atoms with Crippen molar-refractivity contribution >= 4 is 12.4 Å². The first-order valence-electron chi connectivity index (χ1n) is 8.03. The zero-order valence-corrected chi connectivity index (χ0v) is 14.2. The summed E-state index contributed by atoms with van der Waals surface area (Å²) in [5, 5.41) is 8.28. The molecule has 0 aliphatic heterocycles. The summed E-state index contributed by atoms with van der Waals surface area (Å²) in [6.45, 7) is 6.23. The number of nitrogens with zero attached hydrogens (tertiary/aromatic N) is 2. The van der Waals surface area contributed by atoms with Gasteiger partial charge in [-0.2, -0.15) is 10.2 Å². The second-order valence-electron chi connectivity index (χ2n) is 5.70. The van der Waals surface area contributed by atoms with Crippen LogP contribution in [0.3, 0.4) is 0 Å².